The van der Waals surface area contributed by atoms with Crippen LogP contribution in [0, 0.1) is 3.57 Å². The molecule has 128 valence electrons. The number of hydrogen-bond donors (Lipinski definition) is 0. The number of carbonyl (C=O) groups is 1. The van der Waals surface area contributed by atoms with E-state index in [0.29, 0.717) is 5.56 Å². The fourth-order valence-corrected chi connectivity index (χ4v) is 4.30. The maximum absolute atomic E-state index is 11.6. The fraction of sp³-hybridized carbons (Fsp3) is 0.0500. The number of fused-ring (bicyclic) bond motifs is 1. The van der Waals surface area contributed by atoms with Crippen molar-refractivity contribution in [1.29, 1.82) is 0 Å². The van der Waals surface area contributed by atoms with Crippen molar-refractivity contribution in [3.05, 3.63) is 70.1 Å². The van der Waals surface area contributed by atoms with Gasteiger partial charge in [0.15, 0.2) is 0 Å². The summed E-state index contributed by atoms with van der Waals surface area (Å²) >= 11 is 3.96. The van der Waals surface area contributed by atoms with Gasteiger partial charge in [-0.25, -0.2) is 4.79 Å². The van der Waals surface area contributed by atoms with Crippen LogP contribution in [0.2, 0.25) is 0 Å². The molecule has 2 aromatic heterocycles. The predicted molar refractivity (Wildman–Crippen MR) is 112 cm³/mol. The molecule has 2 heterocycles. The van der Waals surface area contributed by atoms with E-state index in [-0.39, 0.29) is 5.97 Å². The summed E-state index contributed by atoms with van der Waals surface area (Å²) in [5.74, 6) is -0.341. The SMILES string of the molecule is COC(=O)c1ccc(-c2sc(-c3ccc(I)cc3)c3nccnc23)cc1. The number of thiophene rings is 1. The molecule has 0 spiro atoms. The minimum absolute atomic E-state index is 0.341. The van der Waals surface area contributed by atoms with Gasteiger partial charge in [-0.15, -0.1) is 11.3 Å². The average molecular weight is 472 g/mol. The van der Waals surface area contributed by atoms with Gasteiger partial charge in [-0.3, -0.25) is 9.97 Å². The van der Waals surface area contributed by atoms with E-state index in [1.165, 1.54) is 10.7 Å². The average Bonchev–Trinajstić information content (AvgIpc) is 3.08. The Bertz CT molecular complexity index is 1090. The lowest BCUT2D eigenvalue weighted by molar-refractivity contribution is 0.0601. The number of ether oxygens (including phenoxy) is 1. The number of rotatable bonds is 3. The normalized spacial score (nSPS) is 10.8. The van der Waals surface area contributed by atoms with Gasteiger partial charge in [0, 0.05) is 16.0 Å². The Morgan fingerprint density at radius 1 is 0.885 bits per heavy atom. The lowest BCUT2D eigenvalue weighted by atomic mass is 10.1. The number of aromatic nitrogens is 2. The van der Waals surface area contributed by atoms with E-state index in [1.807, 2.05) is 12.1 Å². The molecule has 4 nitrogen and oxygen atoms in total. The summed E-state index contributed by atoms with van der Waals surface area (Å²) in [6.07, 6.45) is 3.43. The molecule has 0 aliphatic heterocycles. The van der Waals surface area contributed by atoms with Crippen LogP contribution in [0.4, 0.5) is 0 Å². The molecule has 4 aromatic rings. The van der Waals surface area contributed by atoms with Crippen LogP contribution in [-0.4, -0.2) is 23.0 Å². The molecule has 0 aliphatic rings. The minimum atomic E-state index is -0.341. The molecule has 0 saturated heterocycles. The van der Waals surface area contributed by atoms with Gasteiger partial charge >= 0.3 is 5.97 Å². The Labute approximate surface area is 168 Å². The molecule has 0 radical (unpaired) electrons. The third-order valence-electron chi connectivity index (χ3n) is 4.01. The van der Waals surface area contributed by atoms with E-state index >= 15 is 0 Å². The number of benzene rings is 2. The molecule has 2 aromatic carbocycles. The van der Waals surface area contributed by atoms with Crippen LogP contribution in [0.3, 0.4) is 0 Å². The van der Waals surface area contributed by atoms with E-state index < -0.39 is 0 Å². The molecule has 0 saturated carbocycles. The van der Waals surface area contributed by atoms with Crippen molar-refractivity contribution >= 4 is 50.9 Å². The van der Waals surface area contributed by atoms with Crippen molar-refractivity contribution in [1.82, 2.24) is 9.97 Å². The fourth-order valence-electron chi connectivity index (χ4n) is 2.74. The molecule has 0 bridgehead atoms. The number of nitrogens with zero attached hydrogens (tertiary/aromatic N) is 2. The largest absolute Gasteiger partial charge is 0.465 e. The second kappa shape index (κ2) is 7.13. The lowest BCUT2D eigenvalue weighted by Gasteiger charge is -2.01. The molecular formula is C20H13IN2O2S. The van der Waals surface area contributed by atoms with Crippen LogP contribution in [0.5, 0.6) is 0 Å². The van der Waals surface area contributed by atoms with Crippen molar-refractivity contribution in [2.45, 2.75) is 0 Å². The van der Waals surface area contributed by atoms with Crippen molar-refractivity contribution in [2.24, 2.45) is 0 Å². The number of halogens is 1. The first kappa shape index (κ1) is 17.1. The Morgan fingerprint density at radius 3 is 1.88 bits per heavy atom. The van der Waals surface area contributed by atoms with Crippen molar-refractivity contribution < 1.29 is 9.53 Å². The minimum Gasteiger partial charge on any atom is -0.465 e. The van der Waals surface area contributed by atoms with E-state index in [2.05, 4.69) is 56.8 Å². The number of hydrogen-bond acceptors (Lipinski definition) is 5. The molecule has 0 fully saturated rings. The maximum atomic E-state index is 11.6. The zero-order valence-corrected chi connectivity index (χ0v) is 16.7. The molecule has 0 amide bonds. The van der Waals surface area contributed by atoms with Crippen LogP contribution in [0.1, 0.15) is 10.4 Å². The molecule has 0 aliphatic carbocycles. The summed E-state index contributed by atoms with van der Waals surface area (Å²) in [6.45, 7) is 0. The van der Waals surface area contributed by atoms with Crippen LogP contribution in [0.25, 0.3) is 31.9 Å². The van der Waals surface area contributed by atoms with Gasteiger partial charge < -0.3 is 4.74 Å². The quantitative estimate of drug-likeness (QED) is 0.295. The van der Waals surface area contributed by atoms with Gasteiger partial charge in [0.1, 0.15) is 11.0 Å². The van der Waals surface area contributed by atoms with Crippen LogP contribution in [-0.2, 0) is 4.74 Å². The first-order valence-corrected chi connectivity index (χ1v) is 9.75. The zero-order chi connectivity index (χ0) is 18.1. The van der Waals surface area contributed by atoms with Crippen molar-refractivity contribution in [2.75, 3.05) is 7.11 Å². The summed E-state index contributed by atoms with van der Waals surface area (Å²) in [5.41, 5.74) is 4.42. The molecule has 0 N–H and O–H groups in total. The highest BCUT2D eigenvalue weighted by Gasteiger charge is 2.17. The van der Waals surface area contributed by atoms with Crippen molar-refractivity contribution in [3.63, 3.8) is 0 Å². The highest BCUT2D eigenvalue weighted by atomic mass is 127. The number of methoxy groups -OCH3 is 1. The second-order valence-electron chi connectivity index (χ2n) is 5.59. The number of esters is 1. The van der Waals surface area contributed by atoms with Gasteiger partial charge in [-0.2, -0.15) is 0 Å². The Balaban J connectivity index is 1.86. The lowest BCUT2D eigenvalue weighted by Crippen LogP contribution is -2.00. The summed E-state index contributed by atoms with van der Waals surface area (Å²) in [6, 6.07) is 15.8. The summed E-state index contributed by atoms with van der Waals surface area (Å²) in [7, 11) is 1.38. The highest BCUT2D eigenvalue weighted by Crippen LogP contribution is 2.42. The molecule has 0 atom stereocenters. The summed E-state index contributed by atoms with van der Waals surface area (Å²) < 4.78 is 5.96. The van der Waals surface area contributed by atoms with Gasteiger partial charge in [-0.1, -0.05) is 24.3 Å². The van der Waals surface area contributed by atoms with Gasteiger partial charge in [0.05, 0.1) is 22.4 Å². The van der Waals surface area contributed by atoms with Crippen molar-refractivity contribution in [3.8, 4) is 20.9 Å². The molecule has 4 rings (SSSR count). The van der Waals surface area contributed by atoms with Crippen LogP contribution in [0.15, 0.2) is 60.9 Å². The second-order valence-corrected chi connectivity index (χ2v) is 7.86. The summed E-state index contributed by atoms with van der Waals surface area (Å²) in [5, 5.41) is 0. The van der Waals surface area contributed by atoms with Gasteiger partial charge in [0.25, 0.3) is 0 Å². The monoisotopic (exact) mass is 472 g/mol. The van der Waals surface area contributed by atoms with Gasteiger partial charge in [0.2, 0.25) is 0 Å². The standard InChI is InChI=1S/C20H13IN2O2S/c1-25-20(24)14-4-2-12(3-5-14)18-16-17(23-11-10-22-16)19(26-18)13-6-8-15(21)9-7-13/h2-11H,1H3. The Kier molecular flexibility index (Phi) is 4.69. The smallest absolute Gasteiger partial charge is 0.337 e. The van der Waals surface area contributed by atoms with E-state index in [1.54, 1.807) is 35.9 Å². The third-order valence-corrected chi connectivity index (χ3v) is 5.99. The van der Waals surface area contributed by atoms with E-state index in [0.717, 1.165) is 31.9 Å². The van der Waals surface area contributed by atoms with Crippen LogP contribution < -0.4 is 0 Å². The maximum Gasteiger partial charge on any atom is 0.337 e. The Morgan fingerprint density at radius 2 is 1.38 bits per heavy atom. The zero-order valence-electron chi connectivity index (χ0n) is 13.8. The Hall–Kier alpha value is -2.32. The van der Waals surface area contributed by atoms with E-state index in [4.69, 9.17) is 4.74 Å². The topological polar surface area (TPSA) is 52.1 Å². The molecule has 26 heavy (non-hydrogen) atoms. The highest BCUT2D eigenvalue weighted by molar-refractivity contribution is 14.1. The first-order chi connectivity index (χ1) is 12.7. The number of carbonyl (C=O) groups excluding carboxylic acids is 1. The van der Waals surface area contributed by atoms with Crippen LogP contribution >= 0.6 is 33.9 Å². The molecular weight excluding hydrogens is 459 g/mol. The van der Waals surface area contributed by atoms with Gasteiger partial charge in [-0.05, 0) is 58.0 Å². The molecule has 6 heteroatoms. The third kappa shape index (κ3) is 3.10. The van der Waals surface area contributed by atoms with E-state index in [9.17, 15) is 4.79 Å². The molecule has 0 unspecified atom stereocenters. The predicted octanol–water partition coefficient (Wildman–Crippen LogP) is 5.42. The summed E-state index contributed by atoms with van der Waals surface area (Å²) in [4.78, 5) is 22.9. The first-order valence-electron chi connectivity index (χ1n) is 7.85.